The lowest BCUT2D eigenvalue weighted by Crippen LogP contribution is -2.45. The maximum atomic E-state index is 11.1. The van der Waals surface area contributed by atoms with E-state index >= 15 is 0 Å². The smallest absolute Gasteiger partial charge is 0.287 e. The molecule has 0 aromatic rings. The van der Waals surface area contributed by atoms with Crippen molar-refractivity contribution >= 4 is 22.9 Å². The van der Waals surface area contributed by atoms with Crippen LogP contribution in [-0.2, 0) is 9.53 Å². The summed E-state index contributed by atoms with van der Waals surface area (Å²) in [6.45, 7) is 0.837. The van der Waals surface area contributed by atoms with Gasteiger partial charge >= 0.3 is 0 Å². The number of methoxy groups -OCH3 is 1. The van der Waals surface area contributed by atoms with E-state index in [1.54, 1.807) is 7.11 Å². The highest BCUT2D eigenvalue weighted by atomic mass is 32.2. The predicted octanol–water partition coefficient (Wildman–Crippen LogP) is -0.882. The van der Waals surface area contributed by atoms with Crippen molar-refractivity contribution in [2.24, 2.45) is 5.84 Å². The van der Waals surface area contributed by atoms with Crippen LogP contribution < -0.4 is 11.2 Å². The first-order valence-corrected chi connectivity index (χ1v) is 4.55. The van der Waals surface area contributed by atoms with E-state index in [0.717, 1.165) is 11.8 Å². The molecule has 1 unspecified atom stereocenters. The Balaban J connectivity index is 2.42. The van der Waals surface area contributed by atoms with Gasteiger partial charge in [0, 0.05) is 13.7 Å². The molecule has 1 atom stereocenters. The molecule has 1 rings (SSSR count). The van der Waals surface area contributed by atoms with Gasteiger partial charge in [0.2, 0.25) is 0 Å². The minimum atomic E-state index is -0.623. The van der Waals surface area contributed by atoms with Crippen LogP contribution in [0.2, 0.25) is 0 Å². The summed E-state index contributed by atoms with van der Waals surface area (Å²) in [5.74, 6) is 5.17. The number of amides is 2. The number of carbonyl (C=O) groups is 2. The van der Waals surface area contributed by atoms with Gasteiger partial charge in [-0.25, -0.2) is 5.01 Å². The molecule has 0 aliphatic carbocycles. The van der Waals surface area contributed by atoms with Crippen LogP contribution in [-0.4, -0.2) is 41.8 Å². The Labute approximate surface area is 79.7 Å². The molecule has 13 heavy (non-hydrogen) atoms. The Hall–Kier alpha value is -0.630. The van der Waals surface area contributed by atoms with Crippen molar-refractivity contribution in [1.82, 2.24) is 10.3 Å². The number of carbonyl (C=O) groups excluding carboxylic acids is 2. The normalized spacial score (nSPS) is 22.5. The summed E-state index contributed by atoms with van der Waals surface area (Å²) in [7, 11) is 1.54. The SMILES string of the molecule is COCCN(N)C1SC(=O)NC1=O. The maximum absolute atomic E-state index is 11.1. The first-order valence-electron chi connectivity index (χ1n) is 3.67. The second kappa shape index (κ2) is 4.56. The molecule has 0 radical (unpaired) electrons. The minimum absolute atomic E-state index is 0.358. The lowest BCUT2D eigenvalue weighted by Gasteiger charge is -2.18. The minimum Gasteiger partial charge on any atom is -0.383 e. The predicted molar refractivity (Wildman–Crippen MR) is 47.7 cm³/mol. The Morgan fingerprint density at radius 1 is 1.69 bits per heavy atom. The van der Waals surface area contributed by atoms with E-state index in [2.05, 4.69) is 5.32 Å². The van der Waals surface area contributed by atoms with E-state index in [4.69, 9.17) is 10.6 Å². The van der Waals surface area contributed by atoms with Crippen molar-refractivity contribution in [3.05, 3.63) is 0 Å². The topological polar surface area (TPSA) is 84.7 Å². The number of rotatable bonds is 4. The first-order chi connectivity index (χ1) is 6.15. The molecular weight excluding hydrogens is 194 g/mol. The highest BCUT2D eigenvalue weighted by Crippen LogP contribution is 2.19. The molecule has 0 aromatic heterocycles. The number of hydrogen-bond acceptors (Lipinski definition) is 6. The zero-order valence-corrected chi connectivity index (χ0v) is 7.97. The molecule has 0 aromatic carbocycles. The van der Waals surface area contributed by atoms with Crippen molar-refractivity contribution in [1.29, 1.82) is 0 Å². The molecule has 74 valence electrons. The Bertz CT molecular complexity index is 223. The Kier molecular flexibility index (Phi) is 3.67. The van der Waals surface area contributed by atoms with E-state index in [-0.39, 0.29) is 11.1 Å². The summed E-state index contributed by atoms with van der Waals surface area (Å²) < 4.78 is 4.79. The molecule has 1 aliphatic rings. The van der Waals surface area contributed by atoms with Crippen LogP contribution in [0.1, 0.15) is 0 Å². The van der Waals surface area contributed by atoms with Crippen LogP contribution in [0.3, 0.4) is 0 Å². The molecular formula is C6H11N3O3S. The highest BCUT2D eigenvalue weighted by molar-refractivity contribution is 8.15. The second-order valence-electron chi connectivity index (χ2n) is 2.48. The third-order valence-corrected chi connectivity index (χ3v) is 2.55. The third kappa shape index (κ3) is 2.66. The average molecular weight is 205 g/mol. The van der Waals surface area contributed by atoms with Gasteiger partial charge < -0.3 is 4.74 Å². The molecule has 0 spiro atoms. The van der Waals surface area contributed by atoms with Crippen LogP contribution in [0.25, 0.3) is 0 Å². The van der Waals surface area contributed by atoms with Crippen LogP contribution in [0.5, 0.6) is 0 Å². The van der Waals surface area contributed by atoms with Crippen molar-refractivity contribution in [2.45, 2.75) is 5.37 Å². The number of thioether (sulfide) groups is 1. The van der Waals surface area contributed by atoms with Crippen LogP contribution in [0, 0.1) is 0 Å². The third-order valence-electron chi connectivity index (χ3n) is 1.52. The zero-order chi connectivity index (χ0) is 9.84. The summed E-state index contributed by atoms with van der Waals surface area (Å²) in [6.07, 6.45) is 0. The summed E-state index contributed by atoms with van der Waals surface area (Å²) in [6, 6.07) is 0. The molecule has 2 amide bonds. The number of nitrogens with one attached hydrogen (secondary N) is 1. The van der Waals surface area contributed by atoms with Gasteiger partial charge in [0.05, 0.1) is 6.61 Å². The number of nitrogens with two attached hydrogens (primary N) is 1. The van der Waals surface area contributed by atoms with Gasteiger partial charge in [0.15, 0.2) is 5.37 Å². The largest absolute Gasteiger partial charge is 0.383 e. The van der Waals surface area contributed by atoms with Gasteiger partial charge in [-0.3, -0.25) is 20.7 Å². The molecule has 6 nitrogen and oxygen atoms in total. The molecule has 1 heterocycles. The van der Waals surface area contributed by atoms with Crippen molar-refractivity contribution in [3.63, 3.8) is 0 Å². The van der Waals surface area contributed by atoms with Gasteiger partial charge in [-0.1, -0.05) is 0 Å². The van der Waals surface area contributed by atoms with Gasteiger partial charge in [-0.15, -0.1) is 0 Å². The zero-order valence-electron chi connectivity index (χ0n) is 7.15. The number of hydrogen-bond donors (Lipinski definition) is 2. The number of hydrazine groups is 1. The fourth-order valence-electron chi connectivity index (χ4n) is 0.879. The number of imide groups is 1. The molecule has 0 saturated carbocycles. The lowest BCUT2D eigenvalue weighted by molar-refractivity contribution is -0.121. The standard InChI is InChI=1S/C6H11N3O3S/c1-12-3-2-9(7)5-4(10)8-6(11)13-5/h5H,2-3,7H2,1H3,(H,8,10,11). The van der Waals surface area contributed by atoms with Crippen LogP contribution in [0.4, 0.5) is 4.79 Å². The fourth-order valence-corrected chi connectivity index (χ4v) is 1.65. The van der Waals surface area contributed by atoms with Crippen molar-refractivity contribution in [2.75, 3.05) is 20.3 Å². The molecule has 0 bridgehead atoms. The summed E-state index contributed by atoms with van der Waals surface area (Å²) in [4.78, 5) is 21.8. The summed E-state index contributed by atoms with van der Waals surface area (Å²) in [5.41, 5.74) is 0. The van der Waals surface area contributed by atoms with Crippen LogP contribution >= 0.6 is 11.8 Å². The second-order valence-corrected chi connectivity index (χ2v) is 3.53. The molecule has 3 N–H and O–H groups in total. The molecule has 1 fully saturated rings. The van der Waals surface area contributed by atoms with Gasteiger partial charge in [-0.05, 0) is 11.8 Å². The lowest BCUT2D eigenvalue weighted by atomic mass is 10.5. The quantitative estimate of drug-likeness (QED) is 0.458. The fraction of sp³-hybridized carbons (Fsp3) is 0.667. The Morgan fingerprint density at radius 2 is 2.38 bits per heavy atom. The number of nitrogens with zero attached hydrogens (tertiary/aromatic N) is 1. The summed E-state index contributed by atoms with van der Waals surface area (Å²) in [5, 5.41) is 2.45. The van der Waals surface area contributed by atoms with E-state index in [1.807, 2.05) is 0 Å². The van der Waals surface area contributed by atoms with E-state index in [1.165, 1.54) is 5.01 Å². The summed E-state index contributed by atoms with van der Waals surface area (Å²) >= 11 is 0.878. The highest BCUT2D eigenvalue weighted by Gasteiger charge is 2.34. The average Bonchev–Trinajstić information content (AvgIpc) is 2.41. The molecule has 1 saturated heterocycles. The molecule has 1 aliphatic heterocycles. The van der Waals surface area contributed by atoms with Crippen molar-refractivity contribution < 1.29 is 14.3 Å². The monoisotopic (exact) mass is 205 g/mol. The number of ether oxygens (including phenoxy) is 1. The van der Waals surface area contributed by atoms with E-state index in [0.29, 0.717) is 13.2 Å². The Morgan fingerprint density at radius 3 is 2.85 bits per heavy atom. The van der Waals surface area contributed by atoms with Gasteiger partial charge in [0.25, 0.3) is 11.1 Å². The van der Waals surface area contributed by atoms with Gasteiger partial charge in [0.1, 0.15) is 0 Å². The maximum Gasteiger partial charge on any atom is 0.287 e. The van der Waals surface area contributed by atoms with Crippen LogP contribution in [0.15, 0.2) is 0 Å². The van der Waals surface area contributed by atoms with E-state index in [9.17, 15) is 9.59 Å². The van der Waals surface area contributed by atoms with Gasteiger partial charge in [-0.2, -0.15) is 0 Å². The first kappa shape index (κ1) is 10.5. The molecule has 7 heteroatoms. The van der Waals surface area contributed by atoms with Crippen molar-refractivity contribution in [3.8, 4) is 0 Å². The van der Waals surface area contributed by atoms with E-state index < -0.39 is 5.37 Å².